The van der Waals surface area contributed by atoms with Crippen LogP contribution in [-0.2, 0) is 4.57 Å². The lowest BCUT2D eigenvalue weighted by Crippen LogP contribution is -1.64. The maximum absolute atomic E-state index is 8.74. The Kier molecular flexibility index (Phi) is 7.86. The summed E-state index contributed by atoms with van der Waals surface area (Å²) in [6.45, 7) is 5.28. The van der Waals surface area contributed by atoms with Crippen LogP contribution in [0.5, 0.6) is 0 Å². The van der Waals surface area contributed by atoms with E-state index in [1.807, 2.05) is 0 Å². The van der Waals surface area contributed by atoms with Gasteiger partial charge in [0.25, 0.3) is 0 Å². The highest BCUT2D eigenvalue weighted by Crippen LogP contribution is 2.51. The Morgan fingerprint density at radius 1 is 1.33 bits per heavy atom. The zero-order valence-corrected chi connectivity index (χ0v) is 8.28. The monoisotopic (exact) mass is 193 g/mol. The van der Waals surface area contributed by atoms with Gasteiger partial charge in [0, 0.05) is 0 Å². The molecule has 0 bridgehead atoms. The summed E-state index contributed by atoms with van der Waals surface area (Å²) in [5, 5.41) is 0. The minimum atomic E-state index is -3.13. The minimum Gasteiger partial charge on any atom is -0.326 e. The fraction of sp³-hybridized carbons (Fsp3) is 1.00. The molecule has 0 saturated carbocycles. The summed E-state index contributed by atoms with van der Waals surface area (Å²) < 4.78 is 8.74. The molecule has 1 radical (unpaired) electrons. The maximum Gasteiger partial charge on any atom is 0.314 e. The second-order valence-electron chi connectivity index (χ2n) is 2.13. The summed E-state index contributed by atoms with van der Waals surface area (Å²) in [6, 6.07) is 0. The van der Waals surface area contributed by atoms with Gasteiger partial charge in [0.2, 0.25) is 0 Å². The van der Waals surface area contributed by atoms with Gasteiger partial charge < -0.3 is 9.79 Å². The van der Waals surface area contributed by atoms with Gasteiger partial charge in [-0.3, -0.25) is 4.57 Å². The van der Waals surface area contributed by atoms with E-state index in [-0.39, 0.29) is 0 Å². The summed E-state index contributed by atoms with van der Waals surface area (Å²) in [7, 11) is -3.13. The van der Waals surface area contributed by atoms with Gasteiger partial charge in [-0.1, -0.05) is 0 Å². The van der Waals surface area contributed by atoms with Crippen molar-refractivity contribution in [3.8, 4) is 0 Å². The van der Waals surface area contributed by atoms with Gasteiger partial charge >= 0.3 is 8.25 Å². The van der Waals surface area contributed by atoms with Crippen LogP contribution in [0.2, 0.25) is 0 Å². The van der Waals surface area contributed by atoms with Gasteiger partial charge in [0.15, 0.2) is 0 Å². The average molecular weight is 194 g/mol. The largest absolute Gasteiger partial charge is 0.326 e. The fourth-order valence-corrected chi connectivity index (χ4v) is 0. The van der Waals surface area contributed by atoms with Crippen LogP contribution in [0.15, 0.2) is 0 Å². The smallest absolute Gasteiger partial charge is 0.314 e. The van der Waals surface area contributed by atoms with E-state index in [9.17, 15) is 0 Å². The third-order valence-electron chi connectivity index (χ3n) is 0. The normalized spacial score (nSPS) is 10.6. The molecule has 0 amide bonds. The van der Waals surface area contributed by atoms with Gasteiger partial charge in [0.1, 0.15) is 0 Å². The molecule has 0 aliphatic heterocycles. The number of hydrogen-bond acceptors (Lipinski definition) is 1. The van der Waals surface area contributed by atoms with E-state index < -0.39 is 14.9 Å². The van der Waals surface area contributed by atoms with Crippen molar-refractivity contribution >= 4 is 26.1 Å². The first-order chi connectivity index (χ1) is 3.73. The van der Waals surface area contributed by atoms with Crippen molar-refractivity contribution in [2.45, 2.75) is 0 Å². The lowest BCUT2D eigenvalue weighted by molar-refractivity contribution is 0.405. The highest BCUT2D eigenvalue weighted by molar-refractivity contribution is 7.97. The van der Waals surface area contributed by atoms with Gasteiger partial charge in [-0.15, -0.1) is 11.2 Å². The Morgan fingerprint density at radius 3 is 1.33 bits per heavy atom. The maximum atomic E-state index is 8.74. The van der Waals surface area contributed by atoms with Gasteiger partial charge in [-0.05, 0) is 26.6 Å². The first kappa shape index (κ1) is 12.5. The Labute approximate surface area is 61.1 Å². The summed E-state index contributed by atoms with van der Waals surface area (Å²) >= 11 is 5.64. The van der Waals surface area contributed by atoms with E-state index in [1.165, 1.54) is 0 Å². The number of hydrogen-bond donors (Lipinski definition) is 2. The van der Waals surface area contributed by atoms with Crippen LogP contribution in [0.3, 0.4) is 0 Å². The molecule has 59 valence electrons. The second-order valence-corrected chi connectivity index (χ2v) is 9.44. The van der Waals surface area contributed by atoms with Crippen LogP contribution in [-0.4, -0.2) is 29.8 Å². The van der Waals surface area contributed by atoms with Crippen molar-refractivity contribution in [1.29, 1.82) is 0 Å². The zero-order valence-electron chi connectivity index (χ0n) is 5.63. The number of rotatable bonds is 0. The molecule has 0 saturated heterocycles. The summed E-state index contributed by atoms with van der Waals surface area (Å²) in [5.74, 6) is 0. The van der Waals surface area contributed by atoms with Crippen molar-refractivity contribution in [2.24, 2.45) is 0 Å². The molecule has 0 aromatic rings. The van der Waals surface area contributed by atoms with Crippen LogP contribution >= 0.6 is 26.1 Å². The first-order valence-electron chi connectivity index (χ1n) is 2.16. The van der Waals surface area contributed by atoms with Crippen molar-refractivity contribution in [2.75, 3.05) is 20.0 Å². The standard InChI is InChI=1S/C3H9ClP.H3O3P/c1-5(2,3)4;1-4(2)3/h1-3H3;4H,(H2,1,2,3). The molecule has 0 unspecified atom stereocenters. The first-order valence-corrected chi connectivity index (χ1v) is 7.50. The molecule has 0 fully saturated rings. The van der Waals surface area contributed by atoms with Gasteiger partial charge in [-0.2, -0.15) is 0 Å². The molecule has 0 rings (SSSR count). The van der Waals surface area contributed by atoms with E-state index in [0.29, 0.717) is 0 Å². The second kappa shape index (κ2) is 5.64. The van der Waals surface area contributed by atoms with Crippen molar-refractivity contribution in [3.63, 3.8) is 0 Å². The van der Waals surface area contributed by atoms with Crippen LogP contribution in [0.25, 0.3) is 0 Å². The topological polar surface area (TPSA) is 57.5 Å². The Balaban J connectivity index is 0. The Morgan fingerprint density at radius 2 is 1.33 bits per heavy atom. The number of halogens is 1. The summed E-state index contributed by atoms with van der Waals surface area (Å²) in [5.41, 5.74) is 0. The van der Waals surface area contributed by atoms with E-state index >= 15 is 0 Å². The van der Waals surface area contributed by atoms with E-state index in [0.717, 1.165) is 0 Å². The Bertz CT molecular complexity index is 79.5. The van der Waals surface area contributed by atoms with Crippen LogP contribution in [0, 0.1) is 0 Å². The van der Waals surface area contributed by atoms with E-state index in [1.54, 1.807) is 0 Å². The molecule has 6 heteroatoms. The SMILES string of the molecule is C[P](C)(C)Cl.O=[PH](O)O. The van der Waals surface area contributed by atoms with E-state index in [2.05, 4.69) is 20.0 Å². The third-order valence-corrected chi connectivity index (χ3v) is 0. The van der Waals surface area contributed by atoms with Crippen LogP contribution < -0.4 is 0 Å². The predicted molar refractivity (Wildman–Crippen MR) is 44.0 cm³/mol. The molecule has 0 aliphatic carbocycles. The van der Waals surface area contributed by atoms with Crippen LogP contribution in [0.4, 0.5) is 0 Å². The molecule has 3 nitrogen and oxygen atoms in total. The molecule has 0 aromatic heterocycles. The quantitative estimate of drug-likeness (QED) is 0.572. The Hall–Kier alpha value is 0.870. The van der Waals surface area contributed by atoms with Crippen molar-refractivity contribution < 1.29 is 14.4 Å². The predicted octanol–water partition coefficient (Wildman–Crippen LogP) is 1.41. The van der Waals surface area contributed by atoms with Crippen molar-refractivity contribution in [1.82, 2.24) is 0 Å². The summed E-state index contributed by atoms with van der Waals surface area (Å²) in [4.78, 5) is 14.3. The van der Waals surface area contributed by atoms with E-state index in [4.69, 9.17) is 25.6 Å². The molecule has 0 heterocycles. The van der Waals surface area contributed by atoms with Crippen molar-refractivity contribution in [3.05, 3.63) is 0 Å². The zero-order chi connectivity index (χ0) is 8.08. The molecule has 0 aromatic carbocycles. The van der Waals surface area contributed by atoms with Crippen LogP contribution in [0.1, 0.15) is 0 Å². The minimum absolute atomic E-state index is 0.917. The third kappa shape index (κ3) is 553. The molecule has 0 aliphatic rings. The lowest BCUT2D eigenvalue weighted by Gasteiger charge is -2.05. The molecule has 0 atom stereocenters. The molecule has 9 heavy (non-hydrogen) atoms. The lowest BCUT2D eigenvalue weighted by atomic mass is 11.9. The molecular formula is C3H12ClO3P2. The highest BCUT2D eigenvalue weighted by Gasteiger charge is 1.95. The molecular weight excluding hydrogens is 181 g/mol. The summed E-state index contributed by atoms with van der Waals surface area (Å²) in [6.07, 6.45) is 0. The highest BCUT2D eigenvalue weighted by atomic mass is 35.7. The van der Waals surface area contributed by atoms with Gasteiger partial charge in [0.05, 0.1) is 0 Å². The van der Waals surface area contributed by atoms with Gasteiger partial charge in [-0.25, -0.2) is 0 Å². The average Bonchev–Trinajstić information content (AvgIpc) is 1.19. The fourth-order valence-electron chi connectivity index (χ4n) is 0. The molecule has 2 N–H and O–H groups in total. The molecule has 0 spiro atoms.